The first-order valence-electron chi connectivity index (χ1n) is 5.61. The van der Waals surface area contributed by atoms with Gasteiger partial charge in [-0.1, -0.05) is 0 Å². The Kier molecular flexibility index (Phi) is 4.92. The van der Waals surface area contributed by atoms with Crippen LogP contribution in [0.25, 0.3) is 0 Å². The van der Waals surface area contributed by atoms with Crippen molar-refractivity contribution in [3.8, 4) is 5.75 Å². The monoisotopic (exact) mass is 224 g/mol. The van der Waals surface area contributed by atoms with Crippen LogP contribution in [0, 0.1) is 0 Å². The Morgan fingerprint density at radius 1 is 1.31 bits per heavy atom. The van der Waals surface area contributed by atoms with Gasteiger partial charge in [-0.2, -0.15) is 0 Å². The number of nitrogen functional groups attached to an aromatic ring is 1. The molecular weight excluding hydrogens is 204 g/mol. The molecule has 0 aromatic heterocycles. The molecule has 90 valence electrons. The Hall–Kier alpha value is -1.42. The summed E-state index contributed by atoms with van der Waals surface area (Å²) in [6.45, 7) is 6.36. The summed E-state index contributed by atoms with van der Waals surface area (Å²) in [5.74, 6) is 0.637. The number of benzene rings is 1. The van der Waals surface area contributed by atoms with Gasteiger partial charge in [-0.15, -0.1) is 0 Å². The lowest BCUT2D eigenvalue weighted by atomic mass is 10.2. The molecule has 4 nitrogen and oxygen atoms in total. The molecule has 0 aliphatic rings. The summed E-state index contributed by atoms with van der Waals surface area (Å²) in [6, 6.07) is 5.73. The first kappa shape index (κ1) is 12.6. The molecule has 16 heavy (non-hydrogen) atoms. The van der Waals surface area contributed by atoms with E-state index in [-0.39, 0.29) is 13.2 Å². The van der Waals surface area contributed by atoms with Crippen molar-refractivity contribution in [1.82, 2.24) is 0 Å². The Morgan fingerprint density at radius 2 is 2.00 bits per heavy atom. The second-order valence-electron chi connectivity index (χ2n) is 3.47. The molecule has 0 radical (unpaired) electrons. The lowest BCUT2D eigenvalue weighted by molar-refractivity contribution is 0.202. The van der Waals surface area contributed by atoms with Crippen molar-refractivity contribution in [3.05, 3.63) is 18.2 Å². The summed E-state index contributed by atoms with van der Waals surface area (Å²) in [7, 11) is 0. The third-order valence-electron chi connectivity index (χ3n) is 2.47. The molecule has 0 atom stereocenters. The van der Waals surface area contributed by atoms with E-state index in [1.54, 1.807) is 0 Å². The van der Waals surface area contributed by atoms with Gasteiger partial charge in [-0.05, 0) is 26.0 Å². The summed E-state index contributed by atoms with van der Waals surface area (Å²) < 4.78 is 5.36. The minimum atomic E-state index is -0.00502. The van der Waals surface area contributed by atoms with E-state index >= 15 is 0 Å². The number of rotatable bonds is 6. The number of aliphatic hydroxyl groups excluding tert-OH is 1. The molecule has 1 aromatic carbocycles. The van der Waals surface area contributed by atoms with Crippen LogP contribution < -0.4 is 15.4 Å². The van der Waals surface area contributed by atoms with Gasteiger partial charge in [0.15, 0.2) is 0 Å². The molecule has 4 heteroatoms. The first-order valence-corrected chi connectivity index (χ1v) is 5.61. The minimum absolute atomic E-state index is 0.00502. The average molecular weight is 224 g/mol. The van der Waals surface area contributed by atoms with Gasteiger partial charge in [0.2, 0.25) is 0 Å². The van der Waals surface area contributed by atoms with E-state index < -0.39 is 0 Å². The molecule has 1 rings (SSSR count). The maximum absolute atomic E-state index is 8.71. The van der Waals surface area contributed by atoms with Crippen LogP contribution in [0.4, 0.5) is 11.4 Å². The van der Waals surface area contributed by atoms with Crippen LogP contribution in [-0.4, -0.2) is 31.4 Å². The molecule has 0 saturated heterocycles. The smallest absolute Gasteiger partial charge is 0.144 e. The van der Waals surface area contributed by atoms with Crippen molar-refractivity contribution in [2.45, 2.75) is 13.8 Å². The van der Waals surface area contributed by atoms with Gasteiger partial charge in [0, 0.05) is 24.8 Å². The Labute approximate surface area is 96.6 Å². The quantitative estimate of drug-likeness (QED) is 0.719. The highest BCUT2D eigenvalue weighted by molar-refractivity contribution is 5.62. The Balaban J connectivity index is 2.87. The van der Waals surface area contributed by atoms with Crippen LogP contribution in [0.1, 0.15) is 13.8 Å². The summed E-state index contributed by atoms with van der Waals surface area (Å²) in [5, 5.41) is 8.71. The average Bonchev–Trinajstić information content (AvgIpc) is 2.31. The number of aliphatic hydroxyl groups is 1. The van der Waals surface area contributed by atoms with Crippen LogP contribution >= 0.6 is 0 Å². The molecular formula is C12H20N2O2. The Bertz CT molecular complexity index is 325. The van der Waals surface area contributed by atoms with E-state index in [0.717, 1.165) is 18.8 Å². The maximum atomic E-state index is 8.71. The molecule has 0 bridgehead atoms. The van der Waals surface area contributed by atoms with Crippen molar-refractivity contribution in [2.75, 3.05) is 36.9 Å². The molecule has 0 amide bonds. The standard InChI is InChI=1S/C12H20N2O2/c1-3-14(4-2)10-5-6-11(13)12(9-10)16-8-7-15/h5-6,9,15H,3-4,7-8,13H2,1-2H3. The zero-order valence-corrected chi connectivity index (χ0v) is 9.94. The summed E-state index contributed by atoms with van der Waals surface area (Å²) in [4.78, 5) is 2.21. The third kappa shape index (κ3) is 3.03. The van der Waals surface area contributed by atoms with Crippen LogP contribution in [0.2, 0.25) is 0 Å². The van der Waals surface area contributed by atoms with E-state index in [2.05, 4.69) is 18.7 Å². The highest BCUT2D eigenvalue weighted by Crippen LogP contribution is 2.27. The van der Waals surface area contributed by atoms with Gasteiger partial charge in [0.1, 0.15) is 12.4 Å². The van der Waals surface area contributed by atoms with Gasteiger partial charge in [-0.25, -0.2) is 0 Å². The van der Waals surface area contributed by atoms with Gasteiger partial charge in [0.05, 0.1) is 12.3 Å². The SMILES string of the molecule is CCN(CC)c1ccc(N)c(OCCO)c1. The number of anilines is 2. The first-order chi connectivity index (χ1) is 7.72. The fourth-order valence-electron chi connectivity index (χ4n) is 1.59. The zero-order chi connectivity index (χ0) is 12.0. The van der Waals surface area contributed by atoms with Crippen LogP contribution in [0.3, 0.4) is 0 Å². The van der Waals surface area contributed by atoms with Gasteiger partial charge >= 0.3 is 0 Å². The van der Waals surface area contributed by atoms with Crippen molar-refractivity contribution in [2.24, 2.45) is 0 Å². The van der Waals surface area contributed by atoms with Crippen molar-refractivity contribution in [3.63, 3.8) is 0 Å². The molecule has 0 aliphatic carbocycles. The summed E-state index contributed by atoms with van der Waals surface area (Å²) in [6.07, 6.45) is 0. The lowest BCUT2D eigenvalue weighted by Crippen LogP contribution is -2.21. The van der Waals surface area contributed by atoms with Crippen molar-refractivity contribution >= 4 is 11.4 Å². The summed E-state index contributed by atoms with van der Waals surface area (Å²) in [5.41, 5.74) is 7.48. The number of hydrogen-bond donors (Lipinski definition) is 2. The maximum Gasteiger partial charge on any atom is 0.144 e. The highest BCUT2D eigenvalue weighted by atomic mass is 16.5. The third-order valence-corrected chi connectivity index (χ3v) is 2.47. The second-order valence-corrected chi connectivity index (χ2v) is 3.47. The fraction of sp³-hybridized carbons (Fsp3) is 0.500. The van der Waals surface area contributed by atoms with Gasteiger partial charge in [-0.3, -0.25) is 0 Å². The number of nitrogens with zero attached hydrogens (tertiary/aromatic N) is 1. The van der Waals surface area contributed by atoms with E-state index in [4.69, 9.17) is 15.6 Å². The van der Waals surface area contributed by atoms with Crippen LogP contribution in [0.15, 0.2) is 18.2 Å². The van der Waals surface area contributed by atoms with Gasteiger partial charge in [0.25, 0.3) is 0 Å². The number of hydrogen-bond acceptors (Lipinski definition) is 4. The zero-order valence-electron chi connectivity index (χ0n) is 9.94. The predicted molar refractivity (Wildman–Crippen MR) is 67.0 cm³/mol. The molecule has 1 aromatic rings. The van der Waals surface area contributed by atoms with Crippen LogP contribution in [-0.2, 0) is 0 Å². The van der Waals surface area contributed by atoms with Crippen LogP contribution in [0.5, 0.6) is 5.75 Å². The van der Waals surface area contributed by atoms with Crippen molar-refractivity contribution in [1.29, 1.82) is 0 Å². The van der Waals surface area contributed by atoms with E-state index in [9.17, 15) is 0 Å². The normalized spacial score (nSPS) is 10.2. The minimum Gasteiger partial charge on any atom is -0.489 e. The molecule has 0 fully saturated rings. The number of ether oxygens (including phenoxy) is 1. The van der Waals surface area contributed by atoms with E-state index in [1.807, 2.05) is 18.2 Å². The van der Waals surface area contributed by atoms with Crippen molar-refractivity contribution < 1.29 is 9.84 Å². The van der Waals surface area contributed by atoms with Gasteiger partial charge < -0.3 is 20.5 Å². The predicted octanol–water partition coefficient (Wildman–Crippen LogP) is 1.49. The molecule has 0 saturated carbocycles. The fourth-order valence-corrected chi connectivity index (χ4v) is 1.59. The Morgan fingerprint density at radius 3 is 2.56 bits per heavy atom. The second kappa shape index (κ2) is 6.23. The molecule has 0 spiro atoms. The summed E-state index contributed by atoms with van der Waals surface area (Å²) >= 11 is 0. The highest BCUT2D eigenvalue weighted by Gasteiger charge is 2.06. The van der Waals surface area contributed by atoms with E-state index in [0.29, 0.717) is 11.4 Å². The van der Waals surface area contributed by atoms with E-state index in [1.165, 1.54) is 0 Å². The number of nitrogens with two attached hydrogens (primary N) is 1. The topological polar surface area (TPSA) is 58.7 Å². The largest absolute Gasteiger partial charge is 0.489 e. The molecule has 3 N–H and O–H groups in total. The molecule has 0 aliphatic heterocycles. The lowest BCUT2D eigenvalue weighted by Gasteiger charge is -2.22. The molecule has 0 heterocycles. The molecule has 0 unspecified atom stereocenters.